The van der Waals surface area contributed by atoms with Crippen molar-refractivity contribution in [3.05, 3.63) is 29.3 Å². The molecule has 0 amide bonds. The average molecular weight is 288 g/mol. The average Bonchev–Trinajstić information content (AvgIpc) is 2.86. The largest absolute Gasteiger partial charge is 0.370 e. The van der Waals surface area contributed by atoms with Crippen LogP contribution in [0.4, 0.5) is 11.6 Å². The summed E-state index contributed by atoms with van der Waals surface area (Å²) in [5, 5.41) is 7.53. The van der Waals surface area contributed by atoms with Crippen LogP contribution < -0.4 is 10.2 Å². The van der Waals surface area contributed by atoms with Crippen molar-refractivity contribution in [1.82, 2.24) is 19.7 Å². The number of nitrogens with one attached hydrogen (secondary N) is 1. The first-order valence-electron chi connectivity index (χ1n) is 7.35. The molecule has 2 aromatic rings. The number of nitrogens with zero attached hydrogens (tertiary/aromatic N) is 5. The summed E-state index contributed by atoms with van der Waals surface area (Å²) in [5.74, 6) is 2.77. The topological polar surface area (TPSA) is 58.9 Å². The van der Waals surface area contributed by atoms with Gasteiger partial charge in [-0.15, -0.1) is 0 Å². The molecule has 2 rings (SSSR count). The molecule has 0 unspecified atom stereocenters. The summed E-state index contributed by atoms with van der Waals surface area (Å²) in [7, 11) is 3.98. The van der Waals surface area contributed by atoms with Gasteiger partial charge in [-0.1, -0.05) is 6.92 Å². The van der Waals surface area contributed by atoms with E-state index in [1.54, 1.807) is 0 Å². The van der Waals surface area contributed by atoms with E-state index < -0.39 is 0 Å². The second kappa shape index (κ2) is 6.56. The molecular weight excluding hydrogens is 264 g/mol. The van der Waals surface area contributed by atoms with E-state index >= 15 is 0 Å². The van der Waals surface area contributed by atoms with Crippen LogP contribution in [0.15, 0.2) is 12.4 Å². The van der Waals surface area contributed by atoms with Crippen molar-refractivity contribution in [1.29, 1.82) is 0 Å². The summed E-state index contributed by atoms with van der Waals surface area (Å²) in [4.78, 5) is 11.4. The summed E-state index contributed by atoms with van der Waals surface area (Å²) in [5.41, 5.74) is 2.25. The smallest absolute Gasteiger partial charge is 0.137 e. The van der Waals surface area contributed by atoms with Crippen LogP contribution in [0.3, 0.4) is 0 Å². The highest BCUT2D eigenvalue weighted by atomic mass is 15.2. The van der Waals surface area contributed by atoms with Gasteiger partial charge in [-0.25, -0.2) is 9.97 Å². The summed E-state index contributed by atoms with van der Waals surface area (Å²) < 4.78 is 1.82. The van der Waals surface area contributed by atoms with E-state index in [9.17, 15) is 0 Å². The molecule has 21 heavy (non-hydrogen) atoms. The Morgan fingerprint density at radius 1 is 1.29 bits per heavy atom. The van der Waals surface area contributed by atoms with E-state index in [1.807, 2.05) is 24.1 Å². The van der Waals surface area contributed by atoms with Crippen molar-refractivity contribution >= 4 is 11.6 Å². The van der Waals surface area contributed by atoms with Gasteiger partial charge in [0.1, 0.15) is 17.5 Å². The predicted molar refractivity (Wildman–Crippen MR) is 85.6 cm³/mol. The maximum absolute atomic E-state index is 4.68. The Labute approximate surface area is 126 Å². The maximum Gasteiger partial charge on any atom is 0.137 e. The molecule has 2 aromatic heterocycles. The summed E-state index contributed by atoms with van der Waals surface area (Å²) in [6.45, 7) is 7.84. The molecule has 0 aliphatic rings. The van der Waals surface area contributed by atoms with Crippen molar-refractivity contribution in [2.24, 2.45) is 7.05 Å². The first-order chi connectivity index (χ1) is 10.0. The van der Waals surface area contributed by atoms with Gasteiger partial charge in [0.05, 0.1) is 6.20 Å². The van der Waals surface area contributed by atoms with Gasteiger partial charge in [0.2, 0.25) is 0 Å². The number of hydrogen-bond donors (Lipinski definition) is 1. The molecule has 114 valence electrons. The summed E-state index contributed by atoms with van der Waals surface area (Å²) in [6, 6.07) is 0. The third-order valence-corrected chi connectivity index (χ3v) is 3.37. The fourth-order valence-electron chi connectivity index (χ4n) is 2.32. The first kappa shape index (κ1) is 15.3. The Bertz CT molecular complexity index is 604. The second-order valence-electron chi connectivity index (χ2n) is 5.20. The standard InChI is InChI=1S/C15H24N6/c1-6-13-18-14(16-7-2)11(3)15(19-13)20(4)9-12-8-17-21(5)10-12/h8,10H,6-7,9H2,1-5H3,(H,16,18,19). The lowest BCUT2D eigenvalue weighted by Gasteiger charge is -2.22. The SMILES string of the molecule is CCNc1nc(CC)nc(N(C)Cc2cnn(C)c2)c1C. The van der Waals surface area contributed by atoms with Gasteiger partial charge in [0, 0.05) is 50.9 Å². The molecule has 0 radical (unpaired) electrons. The lowest BCUT2D eigenvalue weighted by atomic mass is 10.2. The number of rotatable bonds is 6. The summed E-state index contributed by atoms with van der Waals surface area (Å²) >= 11 is 0. The van der Waals surface area contributed by atoms with Crippen molar-refractivity contribution < 1.29 is 0 Å². The minimum absolute atomic E-state index is 0.778. The van der Waals surface area contributed by atoms with Crippen LogP contribution in [0.5, 0.6) is 0 Å². The van der Waals surface area contributed by atoms with E-state index in [4.69, 9.17) is 0 Å². The highest BCUT2D eigenvalue weighted by molar-refractivity contribution is 5.58. The van der Waals surface area contributed by atoms with Crippen LogP contribution in [-0.2, 0) is 20.0 Å². The molecule has 0 saturated heterocycles. The number of anilines is 2. The summed E-state index contributed by atoms with van der Waals surface area (Å²) in [6.07, 6.45) is 4.74. The van der Waals surface area contributed by atoms with E-state index in [-0.39, 0.29) is 0 Å². The van der Waals surface area contributed by atoms with Crippen molar-refractivity contribution in [2.45, 2.75) is 33.7 Å². The van der Waals surface area contributed by atoms with Crippen molar-refractivity contribution in [3.63, 3.8) is 0 Å². The molecule has 0 atom stereocenters. The molecular formula is C15H24N6. The third-order valence-electron chi connectivity index (χ3n) is 3.37. The van der Waals surface area contributed by atoms with Crippen molar-refractivity contribution in [3.8, 4) is 0 Å². The van der Waals surface area contributed by atoms with Crippen LogP contribution in [0.25, 0.3) is 0 Å². The van der Waals surface area contributed by atoms with Gasteiger partial charge in [-0.05, 0) is 13.8 Å². The monoisotopic (exact) mass is 288 g/mol. The normalized spacial score (nSPS) is 10.7. The molecule has 0 spiro atoms. The van der Waals surface area contributed by atoms with Crippen LogP contribution >= 0.6 is 0 Å². The molecule has 6 heteroatoms. The molecule has 1 N–H and O–H groups in total. The zero-order valence-corrected chi connectivity index (χ0v) is 13.5. The number of hydrogen-bond acceptors (Lipinski definition) is 5. The van der Waals surface area contributed by atoms with Crippen LogP contribution in [0.2, 0.25) is 0 Å². The fourth-order valence-corrected chi connectivity index (χ4v) is 2.32. The fraction of sp³-hybridized carbons (Fsp3) is 0.533. The minimum Gasteiger partial charge on any atom is -0.370 e. The van der Waals surface area contributed by atoms with Gasteiger partial charge in [-0.3, -0.25) is 4.68 Å². The molecule has 0 aromatic carbocycles. The predicted octanol–water partition coefficient (Wildman–Crippen LogP) is 2.15. The second-order valence-corrected chi connectivity index (χ2v) is 5.20. The molecule has 0 saturated carbocycles. The van der Waals surface area contributed by atoms with Gasteiger partial charge < -0.3 is 10.2 Å². The van der Waals surface area contributed by atoms with Gasteiger partial charge in [0.15, 0.2) is 0 Å². The van der Waals surface area contributed by atoms with Crippen LogP contribution in [-0.4, -0.2) is 33.3 Å². The first-order valence-corrected chi connectivity index (χ1v) is 7.35. The van der Waals surface area contributed by atoms with Crippen LogP contribution in [0.1, 0.15) is 30.8 Å². The minimum atomic E-state index is 0.778. The quantitative estimate of drug-likeness (QED) is 0.882. The number of aromatic nitrogens is 4. The maximum atomic E-state index is 4.68. The molecule has 0 fully saturated rings. The molecule has 0 bridgehead atoms. The molecule has 0 aliphatic carbocycles. The Hall–Kier alpha value is -2.11. The molecule has 2 heterocycles. The van der Waals surface area contributed by atoms with E-state index in [2.05, 4.69) is 53.1 Å². The van der Waals surface area contributed by atoms with Gasteiger partial charge in [0.25, 0.3) is 0 Å². The van der Waals surface area contributed by atoms with Gasteiger partial charge >= 0.3 is 0 Å². The Kier molecular flexibility index (Phi) is 4.77. The lowest BCUT2D eigenvalue weighted by Crippen LogP contribution is -2.21. The highest BCUT2D eigenvalue weighted by Crippen LogP contribution is 2.24. The van der Waals surface area contributed by atoms with Crippen molar-refractivity contribution in [2.75, 3.05) is 23.8 Å². The molecule has 0 aliphatic heterocycles. The van der Waals surface area contributed by atoms with E-state index in [0.717, 1.165) is 42.5 Å². The number of aryl methyl sites for hydroxylation is 2. The van der Waals surface area contributed by atoms with E-state index in [0.29, 0.717) is 0 Å². The zero-order valence-electron chi connectivity index (χ0n) is 13.5. The Morgan fingerprint density at radius 3 is 2.62 bits per heavy atom. The lowest BCUT2D eigenvalue weighted by molar-refractivity contribution is 0.766. The van der Waals surface area contributed by atoms with Gasteiger partial charge in [-0.2, -0.15) is 5.10 Å². The molecule has 6 nitrogen and oxygen atoms in total. The highest BCUT2D eigenvalue weighted by Gasteiger charge is 2.14. The Balaban J connectivity index is 2.30. The van der Waals surface area contributed by atoms with E-state index in [1.165, 1.54) is 5.56 Å². The third kappa shape index (κ3) is 3.51. The zero-order chi connectivity index (χ0) is 15.4. The Morgan fingerprint density at radius 2 is 2.05 bits per heavy atom. The van der Waals surface area contributed by atoms with Crippen LogP contribution in [0, 0.1) is 6.92 Å².